The van der Waals surface area contributed by atoms with Crippen molar-refractivity contribution >= 4 is 22.9 Å². The number of benzene rings is 4. The molecule has 4 aromatic carbocycles. The largest absolute Gasteiger partial charge is 0.497 e. The number of aromatic nitrogens is 6. The van der Waals surface area contributed by atoms with Gasteiger partial charge in [0.15, 0.2) is 17.0 Å². The first-order valence-corrected chi connectivity index (χ1v) is 18.3. The molecule has 3 aromatic heterocycles. The number of rotatable bonds is 12. The molecule has 3 atom stereocenters. The van der Waals surface area contributed by atoms with Gasteiger partial charge in [-0.15, -0.1) is 0 Å². The molecule has 0 radical (unpaired) electrons. The highest BCUT2D eigenvalue weighted by Gasteiger charge is 2.52. The van der Waals surface area contributed by atoms with E-state index in [9.17, 15) is 19.5 Å². The zero-order valence-electron chi connectivity index (χ0n) is 31.1. The molecule has 57 heavy (non-hydrogen) atoms. The van der Waals surface area contributed by atoms with E-state index in [0.29, 0.717) is 28.0 Å². The molecule has 1 amide bonds. The van der Waals surface area contributed by atoms with Crippen LogP contribution in [0, 0.1) is 6.92 Å². The number of methoxy groups -OCH3 is 1. The molecule has 1 fully saturated rings. The highest BCUT2D eigenvalue weighted by Crippen LogP contribution is 2.45. The molecule has 3 N–H and O–H groups in total. The van der Waals surface area contributed by atoms with Crippen LogP contribution in [0.3, 0.4) is 0 Å². The molecule has 4 heterocycles. The molecular formula is C43H39N7O7. The van der Waals surface area contributed by atoms with Crippen molar-refractivity contribution in [2.75, 3.05) is 19.0 Å². The Bertz CT molecular complexity index is 2590. The third kappa shape index (κ3) is 7.01. The first-order valence-electron chi connectivity index (χ1n) is 18.3. The zero-order chi connectivity index (χ0) is 39.6. The highest BCUT2D eigenvalue weighted by atomic mass is 16.6. The number of ether oxygens (including phenoxy) is 3. The van der Waals surface area contributed by atoms with Crippen molar-refractivity contribution in [1.29, 1.82) is 0 Å². The number of fused-ring (bicyclic) bond motifs is 1. The minimum Gasteiger partial charge on any atom is -0.497 e. The second kappa shape index (κ2) is 15.4. The second-order valence-corrected chi connectivity index (χ2v) is 13.9. The first kappa shape index (κ1) is 37.2. The van der Waals surface area contributed by atoms with E-state index in [1.165, 1.54) is 23.4 Å². The number of imidazole rings is 1. The summed E-state index contributed by atoms with van der Waals surface area (Å²) >= 11 is 0. The Hall–Kier alpha value is -6.74. The number of amides is 1. The smallest absolute Gasteiger partial charge is 0.330 e. The topological polar surface area (TPSA) is 175 Å². The SMILES string of the molecule is COc1ccc(C(OC[C@@]2(Cn3cnc4c(NC(=O)c5ccccc5)ncnc43)O[C@@H](n3cc(C)c(=O)[nH]c3=O)C[C@@H]2O)(c2ccccc2)c2ccccc2)cc1. The first-order chi connectivity index (χ1) is 27.7. The molecule has 0 unspecified atom stereocenters. The summed E-state index contributed by atoms with van der Waals surface area (Å²) < 4.78 is 22.6. The lowest BCUT2D eigenvalue weighted by molar-refractivity contribution is -0.167. The van der Waals surface area contributed by atoms with Gasteiger partial charge in [0.1, 0.15) is 29.5 Å². The lowest BCUT2D eigenvalue weighted by Crippen LogP contribution is -2.50. The maximum Gasteiger partial charge on any atom is 0.330 e. The highest BCUT2D eigenvalue weighted by molar-refractivity contribution is 6.06. The van der Waals surface area contributed by atoms with E-state index in [1.807, 2.05) is 91.0 Å². The number of hydrogen-bond acceptors (Lipinski definition) is 10. The minimum atomic E-state index is -1.54. The number of hydrogen-bond donors (Lipinski definition) is 3. The van der Waals surface area contributed by atoms with Crippen LogP contribution in [-0.4, -0.2) is 65.5 Å². The van der Waals surface area contributed by atoms with Crippen LogP contribution in [0.5, 0.6) is 5.75 Å². The molecule has 0 spiro atoms. The van der Waals surface area contributed by atoms with Crippen LogP contribution >= 0.6 is 0 Å². The van der Waals surface area contributed by atoms with Gasteiger partial charge in [-0.3, -0.25) is 19.1 Å². The molecule has 0 saturated carbocycles. The average molecular weight is 766 g/mol. The van der Waals surface area contributed by atoms with Crippen molar-refractivity contribution in [2.45, 2.75) is 43.4 Å². The summed E-state index contributed by atoms with van der Waals surface area (Å²) in [6, 6.07) is 35.8. The summed E-state index contributed by atoms with van der Waals surface area (Å²) in [6.45, 7) is 1.33. The molecule has 1 saturated heterocycles. The fourth-order valence-electron chi connectivity index (χ4n) is 7.39. The van der Waals surface area contributed by atoms with Crippen LogP contribution in [0.15, 0.2) is 144 Å². The van der Waals surface area contributed by atoms with Gasteiger partial charge >= 0.3 is 5.69 Å². The van der Waals surface area contributed by atoms with Gasteiger partial charge in [0.2, 0.25) is 0 Å². The third-order valence-corrected chi connectivity index (χ3v) is 10.4. The van der Waals surface area contributed by atoms with Gasteiger partial charge in [0.25, 0.3) is 11.5 Å². The van der Waals surface area contributed by atoms with Crippen molar-refractivity contribution in [3.05, 3.63) is 183 Å². The predicted octanol–water partition coefficient (Wildman–Crippen LogP) is 4.97. The van der Waals surface area contributed by atoms with Gasteiger partial charge in [-0.25, -0.2) is 19.7 Å². The number of carbonyl (C=O) groups is 1. The Morgan fingerprint density at radius 2 is 1.54 bits per heavy atom. The maximum absolute atomic E-state index is 13.2. The molecular weight excluding hydrogens is 727 g/mol. The Morgan fingerprint density at radius 1 is 0.912 bits per heavy atom. The standard InChI is InChI=1S/C43H39N7O7/c1-28-23-50(41(54)48-39(28)52)35-22-34(51)42(57-35,24-49-27-46-36-37(44-26-45-38(36)49)47-40(53)29-12-6-3-7-13-29)25-56-43(30-14-8-4-9-15-30,31-16-10-5-11-17-31)32-18-20-33(55-2)21-19-32/h3-21,23,26-27,34-35,51H,22,24-25H2,1-2H3,(H,48,52,54)(H,44,45,47,53)/t34-,35+,42+/m0/s1. The lowest BCUT2D eigenvalue weighted by Gasteiger charge is -2.40. The molecule has 0 aliphatic carbocycles. The van der Waals surface area contributed by atoms with E-state index in [0.717, 1.165) is 16.7 Å². The van der Waals surface area contributed by atoms with Gasteiger partial charge in [-0.05, 0) is 47.9 Å². The van der Waals surface area contributed by atoms with E-state index < -0.39 is 34.8 Å². The van der Waals surface area contributed by atoms with Crippen molar-refractivity contribution in [3.63, 3.8) is 0 Å². The Kier molecular flexibility index (Phi) is 10.1. The van der Waals surface area contributed by atoms with Gasteiger partial charge in [-0.1, -0.05) is 91.0 Å². The number of aromatic amines is 1. The number of aliphatic hydroxyl groups is 1. The van der Waals surface area contributed by atoms with Crippen LogP contribution < -0.4 is 21.3 Å². The molecule has 14 heteroatoms. The van der Waals surface area contributed by atoms with Crippen LogP contribution in [0.2, 0.25) is 0 Å². The van der Waals surface area contributed by atoms with Crippen molar-refractivity contribution in [3.8, 4) is 5.75 Å². The molecule has 0 bridgehead atoms. The second-order valence-electron chi connectivity index (χ2n) is 13.9. The number of nitrogens with zero attached hydrogens (tertiary/aromatic N) is 5. The van der Waals surface area contributed by atoms with Crippen LogP contribution in [0.4, 0.5) is 5.82 Å². The molecule has 14 nitrogen and oxygen atoms in total. The molecule has 7 aromatic rings. The van der Waals surface area contributed by atoms with E-state index in [4.69, 9.17) is 14.2 Å². The normalized spacial score (nSPS) is 18.1. The number of H-pyrrole nitrogens is 1. The third-order valence-electron chi connectivity index (χ3n) is 10.4. The van der Waals surface area contributed by atoms with Crippen molar-refractivity contribution < 1.29 is 24.1 Å². The molecule has 1 aliphatic heterocycles. The Labute approximate surface area is 326 Å². The molecule has 1 aliphatic rings. The summed E-state index contributed by atoms with van der Waals surface area (Å²) in [7, 11) is 1.60. The fourth-order valence-corrected chi connectivity index (χ4v) is 7.39. The van der Waals surface area contributed by atoms with E-state index in [-0.39, 0.29) is 31.3 Å². The summed E-state index contributed by atoms with van der Waals surface area (Å²) in [5.41, 5.74) is -0.142. The van der Waals surface area contributed by atoms with Crippen molar-refractivity contribution in [2.24, 2.45) is 0 Å². The summed E-state index contributed by atoms with van der Waals surface area (Å²) in [5.74, 6) is 0.494. The zero-order valence-corrected chi connectivity index (χ0v) is 31.1. The average Bonchev–Trinajstić information content (AvgIpc) is 3.81. The maximum atomic E-state index is 13.2. The number of carbonyl (C=O) groups excluding carboxylic acids is 1. The van der Waals surface area contributed by atoms with Gasteiger partial charge in [0, 0.05) is 23.7 Å². The molecule has 288 valence electrons. The summed E-state index contributed by atoms with van der Waals surface area (Å²) in [5, 5.41) is 15.0. The minimum absolute atomic E-state index is 0.0129. The van der Waals surface area contributed by atoms with Crippen LogP contribution in [0.25, 0.3) is 11.2 Å². The number of aryl methyl sites for hydroxylation is 1. The van der Waals surface area contributed by atoms with Crippen LogP contribution in [0.1, 0.15) is 45.3 Å². The summed E-state index contributed by atoms with van der Waals surface area (Å²) in [4.78, 5) is 54.4. The van der Waals surface area contributed by atoms with E-state index in [1.54, 1.807) is 42.9 Å². The van der Waals surface area contributed by atoms with Gasteiger partial charge in [-0.2, -0.15) is 0 Å². The van der Waals surface area contributed by atoms with Gasteiger partial charge < -0.3 is 29.2 Å². The number of anilines is 1. The predicted molar refractivity (Wildman–Crippen MR) is 211 cm³/mol. The van der Waals surface area contributed by atoms with Gasteiger partial charge in [0.05, 0.1) is 32.7 Å². The van der Waals surface area contributed by atoms with E-state index in [2.05, 4.69) is 25.3 Å². The van der Waals surface area contributed by atoms with Crippen LogP contribution in [-0.2, 0) is 21.6 Å². The van der Waals surface area contributed by atoms with Crippen molar-refractivity contribution in [1.82, 2.24) is 29.1 Å². The quantitative estimate of drug-likeness (QED) is 0.144. The fraction of sp³-hybridized carbons (Fsp3) is 0.209. The molecule has 8 rings (SSSR count). The summed E-state index contributed by atoms with van der Waals surface area (Å²) in [6.07, 6.45) is 2.07. The number of nitrogens with one attached hydrogen (secondary N) is 2. The van der Waals surface area contributed by atoms with E-state index >= 15 is 0 Å². The lowest BCUT2D eigenvalue weighted by atomic mass is 9.79. The number of aliphatic hydroxyl groups excluding tert-OH is 1. The Balaban J connectivity index is 1.24. The Morgan fingerprint density at radius 3 is 2.19 bits per heavy atom. The monoisotopic (exact) mass is 765 g/mol.